The quantitative estimate of drug-likeness (QED) is 0.761. The second-order valence-corrected chi connectivity index (χ2v) is 3.57. The highest BCUT2D eigenvalue weighted by Crippen LogP contribution is 2.17. The third-order valence-corrected chi connectivity index (χ3v) is 2.18. The zero-order chi connectivity index (χ0) is 11.1. The van der Waals surface area contributed by atoms with Gasteiger partial charge in [0.1, 0.15) is 6.10 Å². The topological polar surface area (TPSA) is 38.7 Å². The molecular formula is C11H15ClO3. The van der Waals surface area contributed by atoms with Gasteiger partial charge in [0, 0.05) is 12.1 Å². The highest BCUT2D eigenvalue weighted by Gasteiger charge is 2.07. The van der Waals surface area contributed by atoms with Crippen molar-refractivity contribution in [1.82, 2.24) is 0 Å². The van der Waals surface area contributed by atoms with Crippen LogP contribution in [0.4, 0.5) is 0 Å². The molecular weight excluding hydrogens is 216 g/mol. The average Bonchev–Trinajstić information content (AvgIpc) is 2.24. The predicted octanol–water partition coefficient (Wildman–Crippen LogP) is 2.04. The molecule has 15 heavy (non-hydrogen) atoms. The lowest BCUT2D eigenvalue weighted by Crippen LogP contribution is -2.10. The molecule has 1 N–H and O–H groups in total. The van der Waals surface area contributed by atoms with Crippen LogP contribution < -0.4 is 0 Å². The minimum Gasteiger partial charge on any atom is -0.386 e. The van der Waals surface area contributed by atoms with Crippen LogP contribution in [0.25, 0.3) is 0 Å². The van der Waals surface area contributed by atoms with E-state index in [9.17, 15) is 5.11 Å². The van der Waals surface area contributed by atoms with Gasteiger partial charge >= 0.3 is 0 Å². The molecule has 0 saturated carbocycles. The summed E-state index contributed by atoms with van der Waals surface area (Å²) in [5.74, 6) is 0. The summed E-state index contributed by atoms with van der Waals surface area (Å²) in [5.41, 5.74) is 0.764. The normalized spacial score (nSPS) is 12.7. The van der Waals surface area contributed by atoms with Gasteiger partial charge in [-0.1, -0.05) is 23.7 Å². The first-order valence-corrected chi connectivity index (χ1v) is 5.12. The van der Waals surface area contributed by atoms with Gasteiger partial charge in [-0.15, -0.1) is 0 Å². The number of aliphatic hydroxyl groups is 1. The van der Waals surface area contributed by atoms with Gasteiger partial charge in [-0.25, -0.2) is 0 Å². The van der Waals surface area contributed by atoms with Crippen molar-refractivity contribution in [3.63, 3.8) is 0 Å². The van der Waals surface area contributed by atoms with Crippen molar-refractivity contribution < 1.29 is 14.6 Å². The van der Waals surface area contributed by atoms with E-state index in [4.69, 9.17) is 21.1 Å². The average molecular weight is 231 g/mol. The van der Waals surface area contributed by atoms with Crippen molar-refractivity contribution in [3.8, 4) is 0 Å². The lowest BCUT2D eigenvalue weighted by Gasteiger charge is -2.11. The maximum absolute atomic E-state index is 9.72. The fourth-order valence-corrected chi connectivity index (χ4v) is 1.35. The van der Waals surface area contributed by atoms with Crippen LogP contribution in [-0.2, 0) is 9.47 Å². The molecule has 0 bridgehead atoms. The molecule has 0 amide bonds. The summed E-state index contributed by atoms with van der Waals surface area (Å²) in [6.45, 7) is 1.26. The lowest BCUT2D eigenvalue weighted by molar-refractivity contribution is 0.0126. The Labute approximate surface area is 94.6 Å². The third-order valence-electron chi connectivity index (χ3n) is 1.94. The number of rotatable bonds is 6. The van der Waals surface area contributed by atoms with Crippen molar-refractivity contribution in [1.29, 1.82) is 0 Å². The van der Waals surface area contributed by atoms with Crippen molar-refractivity contribution in [2.75, 3.05) is 26.9 Å². The fraction of sp³-hybridized carbons (Fsp3) is 0.455. The molecule has 0 aliphatic rings. The Hall–Kier alpha value is -0.610. The molecule has 1 aromatic rings. The molecule has 0 aromatic heterocycles. The number of methoxy groups -OCH3 is 1. The fourth-order valence-electron chi connectivity index (χ4n) is 1.15. The van der Waals surface area contributed by atoms with Crippen LogP contribution in [0.2, 0.25) is 5.02 Å². The molecule has 4 heteroatoms. The van der Waals surface area contributed by atoms with Gasteiger partial charge in [-0.3, -0.25) is 0 Å². The molecule has 1 rings (SSSR count). The van der Waals surface area contributed by atoms with E-state index >= 15 is 0 Å². The summed E-state index contributed by atoms with van der Waals surface area (Å²) < 4.78 is 10.0. The maximum atomic E-state index is 9.72. The van der Waals surface area contributed by atoms with E-state index in [1.165, 1.54) is 0 Å². The van der Waals surface area contributed by atoms with Gasteiger partial charge < -0.3 is 14.6 Å². The van der Waals surface area contributed by atoms with E-state index in [1.54, 1.807) is 25.3 Å². The predicted molar refractivity (Wildman–Crippen MR) is 59.1 cm³/mol. The van der Waals surface area contributed by atoms with Crippen molar-refractivity contribution in [2.45, 2.75) is 6.10 Å². The van der Waals surface area contributed by atoms with Crippen molar-refractivity contribution in [2.24, 2.45) is 0 Å². The summed E-state index contributed by atoms with van der Waals surface area (Å²) >= 11 is 5.80. The maximum Gasteiger partial charge on any atom is 0.102 e. The number of halogens is 1. The first kappa shape index (κ1) is 12.5. The van der Waals surface area contributed by atoms with E-state index in [0.29, 0.717) is 18.2 Å². The van der Waals surface area contributed by atoms with Crippen LogP contribution in [0.3, 0.4) is 0 Å². The summed E-state index contributed by atoms with van der Waals surface area (Å²) in [4.78, 5) is 0. The molecule has 1 unspecified atom stereocenters. The molecule has 84 valence electrons. The summed E-state index contributed by atoms with van der Waals surface area (Å²) in [6.07, 6.45) is -0.638. The number of hydrogen-bond donors (Lipinski definition) is 1. The Balaban J connectivity index is 2.36. The minimum absolute atomic E-state index is 0.254. The molecule has 3 nitrogen and oxygen atoms in total. The molecule has 1 aromatic carbocycles. The van der Waals surface area contributed by atoms with Crippen LogP contribution in [0.1, 0.15) is 11.7 Å². The van der Waals surface area contributed by atoms with Crippen molar-refractivity contribution >= 4 is 11.6 Å². The van der Waals surface area contributed by atoms with Gasteiger partial charge in [-0.2, -0.15) is 0 Å². The summed E-state index contributed by atoms with van der Waals surface area (Å²) in [6, 6.07) is 7.11. The molecule has 0 fully saturated rings. The molecule has 0 radical (unpaired) electrons. The van der Waals surface area contributed by atoms with E-state index in [-0.39, 0.29) is 6.61 Å². The zero-order valence-corrected chi connectivity index (χ0v) is 9.41. The van der Waals surface area contributed by atoms with Gasteiger partial charge in [0.25, 0.3) is 0 Å². The van der Waals surface area contributed by atoms with Gasteiger partial charge in [-0.05, 0) is 17.7 Å². The Bertz CT molecular complexity index is 291. The van der Waals surface area contributed by atoms with Crippen LogP contribution >= 0.6 is 11.6 Å². The van der Waals surface area contributed by atoms with Crippen LogP contribution in [0, 0.1) is 0 Å². The third kappa shape index (κ3) is 4.62. The Morgan fingerprint density at radius 3 is 2.87 bits per heavy atom. The van der Waals surface area contributed by atoms with Crippen molar-refractivity contribution in [3.05, 3.63) is 34.9 Å². The standard InChI is InChI=1S/C11H15ClO3/c1-14-5-6-15-8-11(13)9-3-2-4-10(12)7-9/h2-4,7,11,13H,5-6,8H2,1H3. The lowest BCUT2D eigenvalue weighted by atomic mass is 10.1. The molecule has 0 aliphatic carbocycles. The molecule has 0 saturated heterocycles. The first-order chi connectivity index (χ1) is 7.24. The molecule has 1 atom stereocenters. The number of benzene rings is 1. The van der Waals surface area contributed by atoms with E-state index in [2.05, 4.69) is 0 Å². The summed E-state index contributed by atoms with van der Waals surface area (Å²) in [5, 5.41) is 10.3. The number of aliphatic hydroxyl groups excluding tert-OH is 1. The Kier molecular flexibility index (Phi) is 5.65. The smallest absolute Gasteiger partial charge is 0.102 e. The molecule has 0 aliphatic heterocycles. The SMILES string of the molecule is COCCOCC(O)c1cccc(Cl)c1. The highest BCUT2D eigenvalue weighted by atomic mass is 35.5. The molecule has 0 spiro atoms. The van der Waals surface area contributed by atoms with E-state index in [1.807, 2.05) is 6.07 Å². The Morgan fingerprint density at radius 1 is 1.40 bits per heavy atom. The summed E-state index contributed by atoms with van der Waals surface area (Å²) in [7, 11) is 1.61. The highest BCUT2D eigenvalue weighted by molar-refractivity contribution is 6.30. The molecule has 0 heterocycles. The number of ether oxygens (including phenoxy) is 2. The van der Waals surface area contributed by atoms with Crippen LogP contribution in [0.15, 0.2) is 24.3 Å². The van der Waals surface area contributed by atoms with Gasteiger partial charge in [0.05, 0.1) is 19.8 Å². The Morgan fingerprint density at radius 2 is 2.20 bits per heavy atom. The van der Waals surface area contributed by atoms with Crippen LogP contribution in [0.5, 0.6) is 0 Å². The zero-order valence-electron chi connectivity index (χ0n) is 8.65. The first-order valence-electron chi connectivity index (χ1n) is 4.74. The largest absolute Gasteiger partial charge is 0.386 e. The van der Waals surface area contributed by atoms with E-state index in [0.717, 1.165) is 5.56 Å². The van der Waals surface area contributed by atoms with Gasteiger partial charge in [0.2, 0.25) is 0 Å². The second-order valence-electron chi connectivity index (χ2n) is 3.14. The second kappa shape index (κ2) is 6.80. The minimum atomic E-state index is -0.638. The number of hydrogen-bond acceptors (Lipinski definition) is 3. The monoisotopic (exact) mass is 230 g/mol. The van der Waals surface area contributed by atoms with Gasteiger partial charge in [0.15, 0.2) is 0 Å². The van der Waals surface area contributed by atoms with E-state index < -0.39 is 6.10 Å². The van der Waals surface area contributed by atoms with Crippen LogP contribution in [-0.4, -0.2) is 32.0 Å².